The van der Waals surface area contributed by atoms with Crippen molar-refractivity contribution >= 4 is 5.91 Å². The molecule has 1 aromatic heterocycles. The Balaban J connectivity index is 1.93. The van der Waals surface area contributed by atoms with Gasteiger partial charge in [0.25, 0.3) is 0 Å². The third-order valence-electron chi connectivity index (χ3n) is 3.95. The molecule has 0 aromatic carbocycles. The standard InChI is InChI=1S/C13H22N4O/c1-4-9(2)13(18)14-8-11-15-16-12(17(11)3)10-6-5-7-10/h9-10H,4-8H2,1-3H3,(H,14,18)/t9-/m1/s1. The molecule has 5 heteroatoms. The first-order valence-corrected chi connectivity index (χ1v) is 6.79. The van der Waals surface area contributed by atoms with Crippen LogP contribution < -0.4 is 5.32 Å². The fourth-order valence-electron chi connectivity index (χ4n) is 2.08. The fraction of sp³-hybridized carbons (Fsp3) is 0.769. The minimum absolute atomic E-state index is 0.0596. The number of carbonyl (C=O) groups excluding carboxylic acids is 1. The van der Waals surface area contributed by atoms with E-state index < -0.39 is 0 Å². The molecule has 0 aliphatic heterocycles. The minimum Gasteiger partial charge on any atom is -0.349 e. The van der Waals surface area contributed by atoms with Crippen LogP contribution in [0.2, 0.25) is 0 Å². The van der Waals surface area contributed by atoms with Crippen LogP contribution in [0, 0.1) is 5.92 Å². The highest BCUT2D eigenvalue weighted by Crippen LogP contribution is 2.34. The van der Waals surface area contributed by atoms with Crippen molar-refractivity contribution < 1.29 is 4.79 Å². The van der Waals surface area contributed by atoms with E-state index >= 15 is 0 Å². The molecule has 0 radical (unpaired) electrons. The highest BCUT2D eigenvalue weighted by Gasteiger charge is 2.25. The van der Waals surface area contributed by atoms with Gasteiger partial charge in [0, 0.05) is 18.9 Å². The Kier molecular flexibility index (Phi) is 3.99. The van der Waals surface area contributed by atoms with Gasteiger partial charge >= 0.3 is 0 Å². The second-order valence-corrected chi connectivity index (χ2v) is 5.19. The molecule has 1 fully saturated rings. The zero-order valence-corrected chi connectivity index (χ0v) is 11.4. The van der Waals surface area contributed by atoms with Crippen LogP contribution in [0.25, 0.3) is 0 Å². The number of aromatic nitrogens is 3. The lowest BCUT2D eigenvalue weighted by atomic mass is 9.85. The maximum atomic E-state index is 11.7. The van der Waals surface area contributed by atoms with E-state index in [-0.39, 0.29) is 11.8 Å². The number of rotatable bonds is 5. The second kappa shape index (κ2) is 5.50. The SMILES string of the molecule is CC[C@@H](C)C(=O)NCc1nnc(C2CCC2)n1C. The van der Waals surface area contributed by atoms with Gasteiger partial charge in [0.1, 0.15) is 5.82 Å². The van der Waals surface area contributed by atoms with Crippen molar-refractivity contribution in [3.05, 3.63) is 11.6 Å². The lowest BCUT2D eigenvalue weighted by molar-refractivity contribution is -0.124. The molecule has 1 aliphatic rings. The summed E-state index contributed by atoms with van der Waals surface area (Å²) in [4.78, 5) is 11.7. The Morgan fingerprint density at radius 2 is 2.22 bits per heavy atom. The van der Waals surface area contributed by atoms with E-state index in [1.807, 2.05) is 25.5 Å². The maximum Gasteiger partial charge on any atom is 0.223 e. The lowest BCUT2D eigenvalue weighted by Gasteiger charge is -2.24. The van der Waals surface area contributed by atoms with Crippen LogP contribution in [0.4, 0.5) is 0 Å². The van der Waals surface area contributed by atoms with Gasteiger partial charge in [-0.2, -0.15) is 0 Å². The summed E-state index contributed by atoms with van der Waals surface area (Å²) < 4.78 is 2.03. The molecule has 5 nitrogen and oxygen atoms in total. The van der Waals surface area contributed by atoms with Crippen LogP contribution in [-0.2, 0) is 18.4 Å². The highest BCUT2D eigenvalue weighted by molar-refractivity contribution is 5.78. The van der Waals surface area contributed by atoms with Crippen LogP contribution in [0.1, 0.15) is 57.1 Å². The molecular weight excluding hydrogens is 228 g/mol. The monoisotopic (exact) mass is 250 g/mol. The van der Waals surface area contributed by atoms with Crippen molar-refractivity contribution in [2.45, 2.75) is 52.0 Å². The van der Waals surface area contributed by atoms with Gasteiger partial charge in [0.15, 0.2) is 5.82 Å². The minimum atomic E-state index is 0.0596. The lowest BCUT2D eigenvalue weighted by Crippen LogP contribution is -2.29. The molecule has 100 valence electrons. The molecule has 0 spiro atoms. The first-order chi connectivity index (χ1) is 8.63. The van der Waals surface area contributed by atoms with E-state index in [9.17, 15) is 4.79 Å². The topological polar surface area (TPSA) is 59.8 Å². The summed E-state index contributed by atoms with van der Waals surface area (Å²) in [7, 11) is 1.98. The Bertz CT molecular complexity index is 423. The molecule has 0 saturated heterocycles. The summed E-state index contributed by atoms with van der Waals surface area (Å²) in [5.74, 6) is 2.62. The summed E-state index contributed by atoms with van der Waals surface area (Å²) in [5, 5.41) is 11.3. The fourth-order valence-corrected chi connectivity index (χ4v) is 2.08. The van der Waals surface area contributed by atoms with Gasteiger partial charge in [-0.3, -0.25) is 4.79 Å². The number of amides is 1. The quantitative estimate of drug-likeness (QED) is 0.866. The Morgan fingerprint density at radius 3 is 2.78 bits per heavy atom. The number of nitrogens with one attached hydrogen (secondary N) is 1. The van der Waals surface area contributed by atoms with Crippen molar-refractivity contribution in [3.8, 4) is 0 Å². The van der Waals surface area contributed by atoms with Gasteiger partial charge < -0.3 is 9.88 Å². The van der Waals surface area contributed by atoms with Gasteiger partial charge in [-0.1, -0.05) is 20.3 Å². The maximum absolute atomic E-state index is 11.7. The van der Waals surface area contributed by atoms with E-state index in [1.54, 1.807) is 0 Å². The van der Waals surface area contributed by atoms with Crippen molar-refractivity contribution in [1.29, 1.82) is 0 Å². The van der Waals surface area contributed by atoms with Gasteiger partial charge in [-0.25, -0.2) is 0 Å². The molecule has 1 aromatic rings. The average molecular weight is 250 g/mol. The highest BCUT2D eigenvalue weighted by atomic mass is 16.1. The van der Waals surface area contributed by atoms with Crippen LogP contribution in [0.15, 0.2) is 0 Å². The van der Waals surface area contributed by atoms with E-state index in [2.05, 4.69) is 15.5 Å². The first kappa shape index (κ1) is 13.1. The third-order valence-corrected chi connectivity index (χ3v) is 3.95. The molecule has 0 unspecified atom stereocenters. The van der Waals surface area contributed by atoms with Crippen LogP contribution in [0.5, 0.6) is 0 Å². The molecule has 1 atom stereocenters. The number of hydrogen-bond acceptors (Lipinski definition) is 3. The summed E-state index contributed by atoms with van der Waals surface area (Å²) in [6, 6.07) is 0. The number of carbonyl (C=O) groups is 1. The summed E-state index contributed by atoms with van der Waals surface area (Å²) in [5.41, 5.74) is 0. The molecule has 0 bridgehead atoms. The van der Waals surface area contributed by atoms with Gasteiger partial charge in [-0.15, -0.1) is 10.2 Å². The van der Waals surface area contributed by atoms with E-state index in [1.165, 1.54) is 19.3 Å². The Morgan fingerprint density at radius 1 is 1.50 bits per heavy atom. The molecule has 1 aliphatic carbocycles. The average Bonchev–Trinajstić information content (AvgIpc) is 2.65. The Labute approximate surface area is 108 Å². The van der Waals surface area contributed by atoms with E-state index in [4.69, 9.17) is 0 Å². The number of hydrogen-bond donors (Lipinski definition) is 1. The Hall–Kier alpha value is -1.39. The largest absolute Gasteiger partial charge is 0.349 e. The van der Waals surface area contributed by atoms with Gasteiger partial charge in [0.05, 0.1) is 6.54 Å². The van der Waals surface area contributed by atoms with Crippen LogP contribution in [0.3, 0.4) is 0 Å². The van der Waals surface area contributed by atoms with E-state index in [0.29, 0.717) is 12.5 Å². The molecule has 1 amide bonds. The zero-order valence-electron chi connectivity index (χ0n) is 11.4. The predicted octanol–water partition coefficient (Wildman–Crippen LogP) is 1.74. The molecular formula is C13H22N4O. The van der Waals surface area contributed by atoms with Gasteiger partial charge in [-0.05, 0) is 19.3 Å². The van der Waals surface area contributed by atoms with Gasteiger partial charge in [0.2, 0.25) is 5.91 Å². The predicted molar refractivity (Wildman–Crippen MR) is 68.9 cm³/mol. The second-order valence-electron chi connectivity index (χ2n) is 5.19. The third kappa shape index (κ3) is 2.54. The van der Waals surface area contributed by atoms with Crippen molar-refractivity contribution in [1.82, 2.24) is 20.1 Å². The number of nitrogens with zero attached hydrogens (tertiary/aromatic N) is 3. The van der Waals surface area contributed by atoms with Crippen molar-refractivity contribution in [2.24, 2.45) is 13.0 Å². The zero-order chi connectivity index (χ0) is 13.1. The van der Waals surface area contributed by atoms with Crippen LogP contribution >= 0.6 is 0 Å². The molecule has 1 saturated carbocycles. The smallest absolute Gasteiger partial charge is 0.223 e. The normalized spacial score (nSPS) is 17.3. The molecule has 18 heavy (non-hydrogen) atoms. The van der Waals surface area contributed by atoms with E-state index in [0.717, 1.165) is 18.1 Å². The molecule has 1 heterocycles. The summed E-state index contributed by atoms with van der Waals surface area (Å²) in [6.07, 6.45) is 4.58. The summed E-state index contributed by atoms with van der Waals surface area (Å²) in [6.45, 7) is 4.42. The van der Waals surface area contributed by atoms with Crippen molar-refractivity contribution in [2.75, 3.05) is 0 Å². The van der Waals surface area contributed by atoms with Crippen molar-refractivity contribution in [3.63, 3.8) is 0 Å². The van der Waals surface area contributed by atoms with Crippen LogP contribution in [-0.4, -0.2) is 20.7 Å². The molecule has 2 rings (SSSR count). The molecule has 1 N–H and O–H groups in total. The summed E-state index contributed by atoms with van der Waals surface area (Å²) >= 11 is 0. The first-order valence-electron chi connectivity index (χ1n) is 6.79.